The Morgan fingerprint density at radius 2 is 1.36 bits per heavy atom. The third kappa shape index (κ3) is 25.9. The summed E-state index contributed by atoms with van der Waals surface area (Å²) in [5.74, 6) is -0.520. The maximum Gasteiger partial charge on any atom is 0.306 e. The van der Waals surface area contributed by atoms with Crippen LogP contribution in [0.5, 0.6) is 0 Å². The number of halogens is 1. The molecule has 0 spiro atoms. The van der Waals surface area contributed by atoms with Crippen molar-refractivity contribution in [3.8, 4) is 0 Å². The number of rotatable bonds is 12. The summed E-state index contributed by atoms with van der Waals surface area (Å²) in [6, 6.07) is 0. The molecule has 1 unspecified atom stereocenters. The van der Waals surface area contributed by atoms with Gasteiger partial charge >= 0.3 is 11.9 Å². The van der Waals surface area contributed by atoms with Crippen LogP contribution in [0.2, 0.25) is 0 Å². The number of nitrogens with zero attached hydrogens (tertiary/aromatic N) is 3. The average molecular weight is 487 g/mol. The molecule has 0 aromatic rings. The second kappa shape index (κ2) is 16.4. The smallest absolute Gasteiger partial charge is 0.306 e. The summed E-state index contributed by atoms with van der Waals surface area (Å²) in [5, 5.41) is 12.3. The van der Waals surface area contributed by atoms with E-state index in [1.54, 1.807) is 13.0 Å². The van der Waals surface area contributed by atoms with Crippen LogP contribution in [0.25, 0.3) is 0 Å². The lowest BCUT2D eigenvalue weighted by molar-refractivity contribution is -0.143. The number of hydrazone groups is 1. The van der Waals surface area contributed by atoms with Crippen LogP contribution in [-0.4, -0.2) is 46.9 Å². The second-order valence-electron chi connectivity index (χ2n) is 9.67. The van der Waals surface area contributed by atoms with E-state index in [0.29, 0.717) is 19.3 Å². The van der Waals surface area contributed by atoms with Crippen LogP contribution in [0.4, 0.5) is 0 Å². The average Bonchev–Trinajstić information content (AvgIpc) is 2.70. The third-order valence-electron chi connectivity index (χ3n) is 3.34. The predicted octanol–water partition coefficient (Wildman–Crippen LogP) is 5.96. The molecule has 1 atom stereocenters. The molecule has 0 fully saturated rings. The van der Waals surface area contributed by atoms with Crippen LogP contribution in [0.15, 0.2) is 40.6 Å². The van der Waals surface area contributed by atoms with Crippen molar-refractivity contribution in [1.29, 1.82) is 0 Å². The maximum absolute atomic E-state index is 11.2. The summed E-state index contributed by atoms with van der Waals surface area (Å²) in [5.41, 5.74) is 3.59. The lowest BCUT2D eigenvalue weighted by atomic mass is 10.1. The van der Waals surface area contributed by atoms with Crippen molar-refractivity contribution in [3.05, 3.63) is 25.3 Å². The zero-order valence-electron chi connectivity index (χ0n) is 21.7. The Balaban J connectivity index is 0. The van der Waals surface area contributed by atoms with Gasteiger partial charge in [-0.05, 0) is 68.2 Å². The fraction of sp³-hybridized carbons (Fsp3) is 0.708. The van der Waals surface area contributed by atoms with Crippen molar-refractivity contribution < 1.29 is 19.1 Å². The van der Waals surface area contributed by atoms with Gasteiger partial charge in [0.1, 0.15) is 13.2 Å². The number of hydrogen-bond donors (Lipinski definition) is 1. The van der Waals surface area contributed by atoms with Crippen LogP contribution in [0.1, 0.15) is 81.1 Å². The Bertz CT molecular complexity index is 675. The summed E-state index contributed by atoms with van der Waals surface area (Å²) >= 11 is 6.13. The topological polar surface area (TPSA) is 102 Å². The second-order valence-corrected chi connectivity index (χ2v) is 10.5. The van der Waals surface area contributed by atoms with Crippen LogP contribution < -0.4 is 5.43 Å². The molecule has 0 amide bonds. The molecule has 0 aromatic carbocycles. The van der Waals surface area contributed by atoms with Gasteiger partial charge in [0.05, 0.1) is 12.0 Å². The Morgan fingerprint density at radius 1 is 0.879 bits per heavy atom. The first-order valence-electron chi connectivity index (χ1n) is 11.0. The zero-order valence-corrected chi connectivity index (χ0v) is 22.4. The molecule has 0 aliphatic carbocycles. The summed E-state index contributed by atoms with van der Waals surface area (Å²) in [7, 11) is 0. The van der Waals surface area contributed by atoms with Crippen LogP contribution >= 0.6 is 11.6 Å². The van der Waals surface area contributed by atoms with Crippen molar-refractivity contribution in [3.63, 3.8) is 0 Å². The molecule has 0 heterocycles. The minimum atomic E-state index is -0.861. The first kappa shape index (κ1) is 33.0. The van der Waals surface area contributed by atoms with E-state index in [1.165, 1.54) is 6.08 Å². The van der Waals surface area contributed by atoms with Crippen molar-refractivity contribution >= 4 is 29.3 Å². The minimum Gasteiger partial charge on any atom is -0.461 e. The van der Waals surface area contributed by atoms with Gasteiger partial charge in [-0.25, -0.2) is 0 Å². The third-order valence-corrected chi connectivity index (χ3v) is 3.61. The summed E-state index contributed by atoms with van der Waals surface area (Å²) in [6.07, 6.45) is 4.66. The molecule has 0 aliphatic rings. The van der Waals surface area contributed by atoms with Gasteiger partial charge in [-0.1, -0.05) is 36.9 Å². The highest BCUT2D eigenvalue weighted by molar-refractivity contribution is 6.23. The number of azo groups is 1. The van der Waals surface area contributed by atoms with Crippen molar-refractivity contribution in [2.75, 3.05) is 13.2 Å². The molecular formula is C24H43ClN4O4. The van der Waals surface area contributed by atoms with Gasteiger partial charge in [-0.2, -0.15) is 15.3 Å². The highest BCUT2D eigenvalue weighted by Gasteiger charge is 2.23. The van der Waals surface area contributed by atoms with E-state index in [1.807, 2.05) is 48.5 Å². The monoisotopic (exact) mass is 486 g/mol. The van der Waals surface area contributed by atoms with E-state index in [0.717, 1.165) is 5.71 Å². The molecule has 0 aromatic heterocycles. The quantitative estimate of drug-likeness (QED) is 0.0697. The van der Waals surface area contributed by atoms with E-state index in [2.05, 4.69) is 33.9 Å². The molecule has 8 nitrogen and oxygen atoms in total. The van der Waals surface area contributed by atoms with Crippen molar-refractivity contribution in [2.24, 2.45) is 15.3 Å². The highest BCUT2D eigenvalue weighted by Crippen LogP contribution is 2.25. The fourth-order valence-electron chi connectivity index (χ4n) is 1.68. The first-order chi connectivity index (χ1) is 15.0. The van der Waals surface area contributed by atoms with E-state index >= 15 is 0 Å². The fourth-order valence-corrected chi connectivity index (χ4v) is 1.82. The first-order valence-corrected chi connectivity index (χ1v) is 11.4. The Morgan fingerprint density at radius 3 is 1.79 bits per heavy atom. The standard InChI is InChI=1S/C12H21ClN2O2.C12H22N2O2/c1-6-9-17-10(16)7-8-12(5,13)15-14-11(2,3)4;1-6-9-16-11(15)8-7-10(2)13-14-12(3,4)5/h6H,1,7-9H2,2-5H3;6,14H,1,7-9H2,2-5H3. The van der Waals surface area contributed by atoms with Crippen molar-refractivity contribution in [2.45, 2.75) is 97.1 Å². The predicted molar refractivity (Wildman–Crippen MR) is 136 cm³/mol. The molecule has 0 bridgehead atoms. The molecule has 9 heteroatoms. The molecule has 0 aliphatic heterocycles. The lowest BCUT2D eigenvalue weighted by Gasteiger charge is -2.18. The molecule has 0 saturated carbocycles. The molecule has 1 N–H and O–H groups in total. The Hall–Kier alpha value is -2.22. The number of esters is 2. The van der Waals surface area contributed by atoms with E-state index in [9.17, 15) is 9.59 Å². The van der Waals surface area contributed by atoms with Gasteiger partial charge in [-0.15, -0.1) is 0 Å². The molecule has 0 rings (SSSR count). The normalized spacial score (nSPS) is 13.9. The number of hydrogen-bond acceptors (Lipinski definition) is 8. The summed E-state index contributed by atoms with van der Waals surface area (Å²) < 4.78 is 9.70. The maximum atomic E-state index is 11.2. The summed E-state index contributed by atoms with van der Waals surface area (Å²) in [4.78, 5) is 21.6. The van der Waals surface area contributed by atoms with Crippen molar-refractivity contribution in [1.82, 2.24) is 5.43 Å². The van der Waals surface area contributed by atoms with Crippen LogP contribution in [-0.2, 0) is 19.1 Å². The van der Waals surface area contributed by atoms with Crippen LogP contribution in [0, 0.1) is 0 Å². The SMILES string of the molecule is C=CCOC(=O)CCC(C)(Cl)N=NC(C)(C)C.C=CCOC(=O)CCC(C)=NNC(C)(C)C. The number of nitrogens with one attached hydrogen (secondary N) is 1. The zero-order chi connectivity index (χ0) is 26.1. The van der Waals surface area contributed by atoms with E-state index < -0.39 is 5.00 Å². The molecule has 190 valence electrons. The number of alkyl halides is 1. The Labute approximate surface area is 204 Å². The van der Waals surface area contributed by atoms with E-state index in [4.69, 9.17) is 21.1 Å². The highest BCUT2D eigenvalue weighted by atomic mass is 35.5. The van der Waals surface area contributed by atoms with Gasteiger partial charge < -0.3 is 14.9 Å². The Kier molecular flexibility index (Phi) is 16.4. The van der Waals surface area contributed by atoms with E-state index in [-0.39, 0.29) is 42.7 Å². The molecular weight excluding hydrogens is 444 g/mol. The minimum absolute atomic E-state index is 0.0510. The largest absolute Gasteiger partial charge is 0.461 e. The van der Waals surface area contributed by atoms with Gasteiger partial charge in [0.2, 0.25) is 0 Å². The van der Waals surface area contributed by atoms with Gasteiger partial charge in [0, 0.05) is 17.7 Å². The number of carbonyl (C=O) groups is 2. The molecule has 0 radical (unpaired) electrons. The number of ether oxygens (including phenoxy) is 2. The van der Waals surface area contributed by atoms with Gasteiger partial charge in [-0.3, -0.25) is 9.59 Å². The summed E-state index contributed by atoms with van der Waals surface area (Å²) in [6.45, 7) is 22.9. The van der Waals surface area contributed by atoms with Gasteiger partial charge in [0.15, 0.2) is 5.00 Å². The lowest BCUT2D eigenvalue weighted by Crippen LogP contribution is -2.32. The van der Waals surface area contributed by atoms with Gasteiger partial charge in [0.25, 0.3) is 0 Å². The molecule has 0 saturated heterocycles. The molecule has 33 heavy (non-hydrogen) atoms. The van der Waals surface area contributed by atoms with Crippen LogP contribution in [0.3, 0.4) is 0 Å². The number of carbonyl (C=O) groups excluding carboxylic acids is 2.